The Morgan fingerprint density at radius 2 is 1.35 bits per heavy atom. The molecular weight excluding hydrogens is 638 g/mol. The fourth-order valence-corrected chi connectivity index (χ4v) is 9.57. The van der Waals surface area contributed by atoms with Crippen LogP contribution in [0.5, 0.6) is 0 Å². The highest BCUT2D eigenvalue weighted by Crippen LogP contribution is 2.62. The van der Waals surface area contributed by atoms with Gasteiger partial charge in [-0.2, -0.15) is 13.1 Å². The maximum atomic E-state index is 13.1. The molecular formula is C34H36F2O8S2. The Morgan fingerprint density at radius 3 is 1.80 bits per heavy atom. The van der Waals surface area contributed by atoms with Gasteiger partial charge in [-0.1, -0.05) is 54.6 Å². The third kappa shape index (κ3) is 8.87. The Labute approximate surface area is 273 Å². The molecule has 0 amide bonds. The second-order valence-corrected chi connectivity index (χ2v) is 15.0. The third-order valence-corrected chi connectivity index (χ3v) is 11.2. The van der Waals surface area contributed by atoms with Gasteiger partial charge in [0.1, 0.15) is 18.6 Å². The number of alkyl halides is 2. The van der Waals surface area contributed by atoms with Crippen LogP contribution < -0.4 is 5.26 Å². The van der Waals surface area contributed by atoms with Crippen molar-refractivity contribution >= 4 is 34.9 Å². The first-order valence-electron chi connectivity index (χ1n) is 15.1. The molecule has 0 spiro atoms. The summed E-state index contributed by atoms with van der Waals surface area (Å²) in [7, 11) is -0.0146. The highest BCUT2D eigenvalue weighted by atomic mass is 32.2. The molecule has 246 valence electrons. The van der Waals surface area contributed by atoms with E-state index in [-0.39, 0.29) is 23.9 Å². The van der Waals surface area contributed by atoms with Crippen molar-refractivity contribution in [2.75, 3.05) is 13.2 Å². The Morgan fingerprint density at radius 1 is 0.848 bits per heavy atom. The molecule has 3 aromatic carbocycles. The van der Waals surface area contributed by atoms with Crippen LogP contribution in [0, 0.1) is 17.3 Å². The van der Waals surface area contributed by atoms with Gasteiger partial charge in [-0.05, 0) is 86.8 Å². The SMILES string of the molecule is O=C(CCOC(=O)C12CC3CC(CC(O)(C3)C1)C2)OCC(F)(F)SOO[O-].c1ccc([S+](c2ccccc2)c2ccccc2)cc1. The van der Waals surface area contributed by atoms with Crippen molar-refractivity contribution in [3.63, 3.8) is 0 Å². The average molecular weight is 675 g/mol. The van der Waals surface area contributed by atoms with Crippen LogP contribution in [0.25, 0.3) is 0 Å². The lowest BCUT2D eigenvalue weighted by Gasteiger charge is -2.58. The molecule has 3 aromatic rings. The number of carbonyl (C=O) groups is 2. The van der Waals surface area contributed by atoms with Crippen LogP contribution in [0.15, 0.2) is 106 Å². The molecule has 0 saturated heterocycles. The van der Waals surface area contributed by atoms with Crippen LogP contribution in [0.2, 0.25) is 0 Å². The normalized spacial score (nSPS) is 24.6. The summed E-state index contributed by atoms with van der Waals surface area (Å²) >= 11 is -0.573. The molecule has 4 bridgehead atoms. The molecule has 4 aliphatic rings. The summed E-state index contributed by atoms with van der Waals surface area (Å²) in [5.74, 6) is -0.789. The standard InChI is InChI=1S/C18H15S.C16H22F2O8S/c1-4-10-16(11-5-1)19(17-12-6-2-7-13-17)18-14-8-3-9-15-18;17-16(18,27-26-25-22)9-24-12(19)1-2-23-13(20)14-4-10-3-11(5-14)7-15(21,6-10)8-14/h1-15H;10-11,21-22H,1-9H2/q+1;/p-1. The number of benzene rings is 3. The Bertz CT molecular complexity index is 1320. The molecule has 4 aliphatic carbocycles. The lowest BCUT2D eigenvalue weighted by Crippen LogP contribution is -2.58. The summed E-state index contributed by atoms with van der Waals surface area (Å²) < 4.78 is 39.3. The predicted octanol–water partition coefficient (Wildman–Crippen LogP) is 6.04. The summed E-state index contributed by atoms with van der Waals surface area (Å²) in [5, 5.41) is 19.3. The summed E-state index contributed by atoms with van der Waals surface area (Å²) in [6, 6.07) is 32.2. The van der Waals surface area contributed by atoms with Crippen molar-refractivity contribution in [3.8, 4) is 0 Å². The van der Waals surface area contributed by atoms with Gasteiger partial charge in [0.25, 0.3) is 0 Å². The van der Waals surface area contributed by atoms with Crippen molar-refractivity contribution in [2.24, 2.45) is 17.3 Å². The molecule has 12 heteroatoms. The smallest absolute Gasteiger partial charge is 0.354 e. The number of esters is 2. The minimum Gasteiger partial charge on any atom is -0.691 e. The summed E-state index contributed by atoms with van der Waals surface area (Å²) in [4.78, 5) is 28.2. The summed E-state index contributed by atoms with van der Waals surface area (Å²) in [6.07, 6.45) is 3.83. The second kappa shape index (κ2) is 15.3. The van der Waals surface area contributed by atoms with Crippen molar-refractivity contribution in [1.82, 2.24) is 0 Å². The number of carbonyl (C=O) groups excluding carboxylic acids is 2. The Balaban J connectivity index is 0.000000192. The zero-order chi connectivity index (χ0) is 32.6. The minimum atomic E-state index is -3.65. The van der Waals surface area contributed by atoms with Crippen LogP contribution >= 0.6 is 12.0 Å². The predicted molar refractivity (Wildman–Crippen MR) is 165 cm³/mol. The van der Waals surface area contributed by atoms with Crippen LogP contribution in [-0.4, -0.2) is 41.1 Å². The van der Waals surface area contributed by atoms with Crippen LogP contribution in [0.3, 0.4) is 0 Å². The van der Waals surface area contributed by atoms with Crippen molar-refractivity contribution in [3.05, 3.63) is 91.0 Å². The van der Waals surface area contributed by atoms with E-state index in [4.69, 9.17) is 4.74 Å². The number of ether oxygens (including phenoxy) is 2. The molecule has 1 N–H and O–H groups in total. The molecule has 0 heterocycles. The highest BCUT2D eigenvalue weighted by Gasteiger charge is 2.60. The van der Waals surface area contributed by atoms with Gasteiger partial charge in [0.2, 0.25) is 0 Å². The molecule has 2 unspecified atom stereocenters. The Kier molecular flexibility index (Phi) is 11.4. The quantitative estimate of drug-likeness (QED) is 0.0808. The second-order valence-electron chi connectivity index (χ2n) is 12.1. The lowest BCUT2D eigenvalue weighted by atomic mass is 9.48. The lowest BCUT2D eigenvalue weighted by molar-refractivity contribution is -0.777. The first kappa shape index (κ1) is 34.3. The largest absolute Gasteiger partial charge is 0.691 e. The molecule has 8 nitrogen and oxygen atoms in total. The maximum absolute atomic E-state index is 13.1. The van der Waals surface area contributed by atoms with Crippen molar-refractivity contribution < 1.29 is 47.6 Å². The van der Waals surface area contributed by atoms with Crippen LogP contribution in [-0.2, 0) is 39.3 Å². The zero-order valence-electron chi connectivity index (χ0n) is 25.1. The van der Waals surface area contributed by atoms with Gasteiger partial charge in [-0.15, -0.1) is 0 Å². The van der Waals surface area contributed by atoms with E-state index in [2.05, 4.69) is 105 Å². The van der Waals surface area contributed by atoms with E-state index >= 15 is 0 Å². The zero-order valence-corrected chi connectivity index (χ0v) is 26.7. The first-order chi connectivity index (χ1) is 22.1. The van der Waals surface area contributed by atoms with Gasteiger partial charge < -0.3 is 19.8 Å². The first-order valence-corrected chi connectivity index (χ1v) is 17.0. The molecule has 0 aromatic heterocycles. The number of hydrogen-bond donors (Lipinski definition) is 1. The number of rotatable bonds is 12. The van der Waals surface area contributed by atoms with Gasteiger partial charge in [0, 0.05) is 0 Å². The van der Waals surface area contributed by atoms with E-state index in [1.165, 1.54) is 14.7 Å². The molecule has 0 radical (unpaired) electrons. The van der Waals surface area contributed by atoms with Gasteiger partial charge in [0.05, 0.1) is 28.3 Å². The number of aliphatic hydroxyl groups is 1. The highest BCUT2D eigenvalue weighted by molar-refractivity contribution is 7.97. The number of hydrogen-bond acceptors (Lipinski definition) is 9. The molecule has 0 aliphatic heterocycles. The van der Waals surface area contributed by atoms with E-state index < -0.39 is 46.9 Å². The minimum absolute atomic E-state index is 0.0146. The Hall–Kier alpha value is -3.00. The molecule has 4 fully saturated rings. The van der Waals surface area contributed by atoms with E-state index in [0.29, 0.717) is 31.1 Å². The van der Waals surface area contributed by atoms with Crippen LogP contribution in [0.1, 0.15) is 44.9 Å². The monoisotopic (exact) mass is 674 g/mol. The van der Waals surface area contributed by atoms with Crippen molar-refractivity contribution in [1.29, 1.82) is 0 Å². The summed E-state index contributed by atoms with van der Waals surface area (Å²) in [6.45, 7) is -1.60. The van der Waals surface area contributed by atoms with E-state index in [1.54, 1.807) is 0 Å². The van der Waals surface area contributed by atoms with Gasteiger partial charge in [0.15, 0.2) is 21.3 Å². The molecule has 7 rings (SSSR count). The van der Waals surface area contributed by atoms with Gasteiger partial charge in [-0.25, -0.2) is 0 Å². The van der Waals surface area contributed by atoms with Crippen molar-refractivity contribution in [2.45, 2.75) is 70.5 Å². The topological polar surface area (TPSA) is 114 Å². The fraction of sp³-hybridized carbons (Fsp3) is 0.412. The number of halogens is 2. The van der Waals surface area contributed by atoms with E-state index in [0.717, 1.165) is 19.3 Å². The third-order valence-electron chi connectivity index (χ3n) is 8.52. The average Bonchev–Trinajstić information content (AvgIpc) is 3.04. The van der Waals surface area contributed by atoms with Gasteiger partial charge >= 0.3 is 17.2 Å². The molecule has 2 atom stereocenters. The maximum Gasteiger partial charge on any atom is 0.354 e. The summed E-state index contributed by atoms with van der Waals surface area (Å²) in [5.41, 5.74) is -1.51. The van der Waals surface area contributed by atoms with Gasteiger partial charge in [-0.3, -0.25) is 14.6 Å². The van der Waals surface area contributed by atoms with Crippen LogP contribution in [0.4, 0.5) is 8.78 Å². The molecule has 4 saturated carbocycles. The molecule has 46 heavy (non-hydrogen) atoms. The van der Waals surface area contributed by atoms with E-state index in [1.807, 2.05) is 0 Å². The fourth-order valence-electron chi connectivity index (χ4n) is 7.24. The van der Waals surface area contributed by atoms with E-state index in [9.17, 15) is 28.7 Å².